The molecule has 0 spiro atoms. The molecule has 1 aromatic heterocycles. The summed E-state index contributed by atoms with van der Waals surface area (Å²) in [4.78, 5) is 4.14. The highest BCUT2D eigenvalue weighted by Gasteiger charge is 1.89. The normalized spacial score (nSPS) is 9.80. The Hall–Kier alpha value is -0.890. The number of aromatic nitrogens is 1. The molecule has 0 aliphatic rings. The third-order valence-electron chi connectivity index (χ3n) is 1.26. The average Bonchev–Trinajstić information content (AvgIpc) is 1.95. The first kappa shape index (κ1) is 7.22. The molecule has 2 heteroatoms. The van der Waals surface area contributed by atoms with Crippen LogP contribution in [0, 0.1) is 6.92 Å². The molecule has 0 N–H and O–H groups in total. The summed E-state index contributed by atoms with van der Waals surface area (Å²) >= 11 is 0. The number of ether oxygens (including phenoxy) is 1. The van der Waals surface area contributed by atoms with E-state index in [1.807, 2.05) is 25.3 Å². The monoisotopic (exact) mass is 137 g/mol. The molecule has 0 amide bonds. The van der Waals surface area contributed by atoms with Crippen LogP contribution in [0.25, 0.3) is 0 Å². The molecule has 0 aromatic carbocycles. The predicted octanol–water partition coefficient (Wildman–Crippen LogP) is 1.54. The maximum absolute atomic E-state index is 4.91. The number of aryl methyl sites for hydroxylation is 1. The number of rotatable bonds is 2. The molecule has 1 heterocycles. The first-order chi connectivity index (χ1) is 4.83. The van der Waals surface area contributed by atoms with Gasteiger partial charge in [-0.3, -0.25) is 4.98 Å². The van der Waals surface area contributed by atoms with E-state index in [9.17, 15) is 0 Å². The number of hydrogen-bond acceptors (Lipinski definition) is 2. The highest BCUT2D eigenvalue weighted by molar-refractivity contribution is 5.11. The lowest BCUT2D eigenvalue weighted by atomic mass is 10.3. The maximum atomic E-state index is 4.91. The van der Waals surface area contributed by atoms with E-state index in [-0.39, 0.29) is 0 Å². The molecule has 0 fully saturated rings. The van der Waals surface area contributed by atoms with Gasteiger partial charge in [-0.05, 0) is 18.6 Å². The molecule has 54 valence electrons. The second kappa shape index (κ2) is 3.32. The zero-order valence-corrected chi connectivity index (χ0v) is 6.29. The molecule has 0 aliphatic heterocycles. The molecular weight excluding hydrogens is 126 g/mol. The Balaban J connectivity index is 2.69. The van der Waals surface area contributed by atoms with Gasteiger partial charge in [-0.15, -0.1) is 0 Å². The smallest absolute Gasteiger partial charge is 0.0884 e. The van der Waals surface area contributed by atoms with Crippen molar-refractivity contribution in [3.63, 3.8) is 0 Å². The molecule has 1 rings (SSSR count). The summed E-state index contributed by atoms with van der Waals surface area (Å²) in [5.41, 5.74) is 2.16. The Labute approximate surface area is 60.9 Å². The van der Waals surface area contributed by atoms with Gasteiger partial charge < -0.3 is 4.74 Å². The van der Waals surface area contributed by atoms with Crippen LogP contribution in [0.15, 0.2) is 18.3 Å². The van der Waals surface area contributed by atoms with Gasteiger partial charge in [-0.1, -0.05) is 6.07 Å². The Morgan fingerprint density at radius 2 is 2.30 bits per heavy atom. The van der Waals surface area contributed by atoms with Crippen LogP contribution in [0.4, 0.5) is 0 Å². The van der Waals surface area contributed by atoms with Crippen molar-refractivity contribution >= 4 is 0 Å². The minimum absolute atomic E-state index is 0.597. The number of pyridine rings is 1. The van der Waals surface area contributed by atoms with Crippen LogP contribution in [0.3, 0.4) is 0 Å². The highest BCUT2D eigenvalue weighted by atomic mass is 16.5. The van der Waals surface area contributed by atoms with E-state index in [0.717, 1.165) is 5.69 Å². The third kappa shape index (κ3) is 1.81. The summed E-state index contributed by atoms with van der Waals surface area (Å²) in [5.74, 6) is 0. The van der Waals surface area contributed by atoms with Crippen LogP contribution < -0.4 is 0 Å². The summed E-state index contributed by atoms with van der Waals surface area (Å²) < 4.78 is 4.91. The van der Waals surface area contributed by atoms with Gasteiger partial charge in [0.15, 0.2) is 0 Å². The van der Waals surface area contributed by atoms with E-state index in [1.54, 1.807) is 7.11 Å². The van der Waals surface area contributed by atoms with Gasteiger partial charge in [0.2, 0.25) is 0 Å². The van der Waals surface area contributed by atoms with Crippen molar-refractivity contribution in [2.45, 2.75) is 13.5 Å². The molecule has 0 aliphatic carbocycles. The molecule has 0 atom stereocenters. The van der Waals surface area contributed by atoms with E-state index in [1.165, 1.54) is 5.56 Å². The summed E-state index contributed by atoms with van der Waals surface area (Å²) in [6, 6.07) is 4.00. The first-order valence-corrected chi connectivity index (χ1v) is 3.23. The molecule has 0 saturated heterocycles. The second-order valence-corrected chi connectivity index (χ2v) is 2.26. The van der Waals surface area contributed by atoms with Crippen LogP contribution >= 0.6 is 0 Å². The van der Waals surface area contributed by atoms with Gasteiger partial charge in [0.05, 0.1) is 12.3 Å². The Morgan fingerprint density at radius 3 is 2.80 bits per heavy atom. The van der Waals surface area contributed by atoms with Crippen LogP contribution in [0.2, 0.25) is 0 Å². The van der Waals surface area contributed by atoms with Crippen molar-refractivity contribution in [1.82, 2.24) is 4.98 Å². The molecule has 10 heavy (non-hydrogen) atoms. The molecule has 0 bridgehead atoms. The van der Waals surface area contributed by atoms with Gasteiger partial charge in [-0.25, -0.2) is 0 Å². The standard InChI is InChI=1S/C8H11NO/c1-7-3-4-8(6-10-2)9-5-7/h3-5H,6H2,1-2H3. The van der Waals surface area contributed by atoms with Crippen molar-refractivity contribution in [3.05, 3.63) is 29.6 Å². The van der Waals surface area contributed by atoms with E-state index in [2.05, 4.69) is 4.98 Å². The lowest BCUT2D eigenvalue weighted by Crippen LogP contribution is -1.90. The van der Waals surface area contributed by atoms with Gasteiger partial charge >= 0.3 is 0 Å². The molecular formula is C8H11NO. The second-order valence-electron chi connectivity index (χ2n) is 2.26. The molecule has 0 unspecified atom stereocenters. The molecule has 0 radical (unpaired) electrons. The lowest BCUT2D eigenvalue weighted by Gasteiger charge is -1.97. The van der Waals surface area contributed by atoms with E-state index in [4.69, 9.17) is 4.74 Å². The van der Waals surface area contributed by atoms with E-state index in [0.29, 0.717) is 6.61 Å². The minimum Gasteiger partial charge on any atom is -0.378 e. The van der Waals surface area contributed by atoms with Crippen LogP contribution in [-0.4, -0.2) is 12.1 Å². The van der Waals surface area contributed by atoms with Crippen molar-refractivity contribution in [2.24, 2.45) is 0 Å². The predicted molar refractivity (Wildman–Crippen MR) is 39.7 cm³/mol. The largest absolute Gasteiger partial charge is 0.378 e. The van der Waals surface area contributed by atoms with Gasteiger partial charge in [0.1, 0.15) is 0 Å². The minimum atomic E-state index is 0.597. The molecule has 0 saturated carbocycles. The van der Waals surface area contributed by atoms with Crippen molar-refractivity contribution in [2.75, 3.05) is 7.11 Å². The summed E-state index contributed by atoms with van der Waals surface area (Å²) in [6.45, 7) is 2.61. The highest BCUT2D eigenvalue weighted by Crippen LogP contribution is 1.98. The molecule has 2 nitrogen and oxygen atoms in total. The topological polar surface area (TPSA) is 22.1 Å². The van der Waals surface area contributed by atoms with E-state index >= 15 is 0 Å². The quantitative estimate of drug-likeness (QED) is 0.616. The zero-order valence-electron chi connectivity index (χ0n) is 6.29. The lowest BCUT2D eigenvalue weighted by molar-refractivity contribution is 0.181. The van der Waals surface area contributed by atoms with Crippen molar-refractivity contribution in [1.29, 1.82) is 0 Å². The van der Waals surface area contributed by atoms with Crippen LogP contribution in [-0.2, 0) is 11.3 Å². The summed E-state index contributed by atoms with van der Waals surface area (Å²) in [5, 5.41) is 0. The van der Waals surface area contributed by atoms with Gasteiger partial charge in [-0.2, -0.15) is 0 Å². The average molecular weight is 137 g/mol. The van der Waals surface area contributed by atoms with Crippen molar-refractivity contribution < 1.29 is 4.74 Å². The fraction of sp³-hybridized carbons (Fsp3) is 0.375. The number of methoxy groups -OCH3 is 1. The van der Waals surface area contributed by atoms with Gasteiger partial charge in [0.25, 0.3) is 0 Å². The summed E-state index contributed by atoms with van der Waals surface area (Å²) in [7, 11) is 1.67. The Kier molecular flexibility index (Phi) is 2.40. The fourth-order valence-electron chi connectivity index (χ4n) is 0.732. The zero-order chi connectivity index (χ0) is 7.40. The molecule has 1 aromatic rings. The Morgan fingerprint density at radius 1 is 1.50 bits per heavy atom. The third-order valence-corrected chi connectivity index (χ3v) is 1.26. The summed E-state index contributed by atoms with van der Waals surface area (Å²) in [6.07, 6.45) is 1.84. The van der Waals surface area contributed by atoms with Crippen LogP contribution in [0.5, 0.6) is 0 Å². The van der Waals surface area contributed by atoms with Gasteiger partial charge in [0, 0.05) is 13.3 Å². The first-order valence-electron chi connectivity index (χ1n) is 3.23. The van der Waals surface area contributed by atoms with Crippen LogP contribution in [0.1, 0.15) is 11.3 Å². The maximum Gasteiger partial charge on any atom is 0.0884 e. The Bertz CT molecular complexity index is 193. The number of nitrogens with zero attached hydrogens (tertiary/aromatic N) is 1. The number of hydrogen-bond donors (Lipinski definition) is 0. The SMILES string of the molecule is COCc1ccc(C)cn1. The fourth-order valence-corrected chi connectivity index (χ4v) is 0.732. The van der Waals surface area contributed by atoms with E-state index < -0.39 is 0 Å². The van der Waals surface area contributed by atoms with Crippen molar-refractivity contribution in [3.8, 4) is 0 Å².